The normalized spacial score (nSPS) is 21.8. The number of carbonyl (C=O) groups excluding carboxylic acids is 2. The van der Waals surface area contributed by atoms with Crippen molar-refractivity contribution < 1.29 is 29.0 Å². The molecule has 3 N–H and O–H groups in total. The van der Waals surface area contributed by atoms with Crippen LogP contribution >= 0.6 is 0 Å². The van der Waals surface area contributed by atoms with E-state index in [0.717, 1.165) is 22.3 Å². The number of amides is 2. The Labute approximate surface area is 185 Å². The van der Waals surface area contributed by atoms with Gasteiger partial charge in [0.1, 0.15) is 12.6 Å². The summed E-state index contributed by atoms with van der Waals surface area (Å²) in [4.78, 5) is 36.3. The van der Waals surface area contributed by atoms with Gasteiger partial charge in [0.05, 0.1) is 18.1 Å². The summed E-state index contributed by atoms with van der Waals surface area (Å²) in [5.74, 6) is -1.91. The molecule has 1 saturated carbocycles. The highest BCUT2D eigenvalue weighted by Gasteiger charge is 2.52. The summed E-state index contributed by atoms with van der Waals surface area (Å²) in [6.07, 6.45) is -0.759. The smallest absolute Gasteiger partial charge is 0.407 e. The Kier molecular flexibility index (Phi) is 5.88. The lowest BCUT2D eigenvalue weighted by atomic mass is 9.98. The number of nitrogens with one attached hydrogen (secondary N) is 2. The van der Waals surface area contributed by atoms with Crippen LogP contribution in [0.1, 0.15) is 36.8 Å². The van der Waals surface area contributed by atoms with E-state index in [2.05, 4.69) is 10.6 Å². The third-order valence-electron chi connectivity index (χ3n) is 6.30. The molecule has 3 atom stereocenters. The number of methoxy groups -OCH3 is 1. The van der Waals surface area contributed by atoms with Crippen LogP contribution in [0.2, 0.25) is 0 Å². The Morgan fingerprint density at radius 2 is 1.69 bits per heavy atom. The molecule has 1 unspecified atom stereocenters. The van der Waals surface area contributed by atoms with Crippen molar-refractivity contribution in [3.05, 3.63) is 59.7 Å². The second kappa shape index (κ2) is 8.63. The minimum Gasteiger partial charge on any atom is -0.481 e. The van der Waals surface area contributed by atoms with Crippen LogP contribution < -0.4 is 10.6 Å². The maximum Gasteiger partial charge on any atom is 0.407 e. The lowest BCUT2D eigenvalue weighted by Gasteiger charge is -2.19. The Hall–Kier alpha value is -3.39. The summed E-state index contributed by atoms with van der Waals surface area (Å²) in [6, 6.07) is 14.4. The molecule has 2 aliphatic carbocycles. The first kappa shape index (κ1) is 21.8. The molecule has 2 amide bonds. The highest BCUT2D eigenvalue weighted by atomic mass is 16.5. The second-order valence-corrected chi connectivity index (χ2v) is 8.40. The Morgan fingerprint density at radius 1 is 1.09 bits per heavy atom. The van der Waals surface area contributed by atoms with E-state index in [0.29, 0.717) is 6.42 Å². The van der Waals surface area contributed by atoms with E-state index in [9.17, 15) is 14.4 Å². The zero-order valence-electron chi connectivity index (χ0n) is 18.0. The van der Waals surface area contributed by atoms with Crippen molar-refractivity contribution in [1.29, 1.82) is 0 Å². The van der Waals surface area contributed by atoms with Gasteiger partial charge in [0.25, 0.3) is 0 Å². The fraction of sp³-hybridized carbons (Fsp3) is 0.375. The monoisotopic (exact) mass is 438 g/mol. The van der Waals surface area contributed by atoms with Crippen molar-refractivity contribution in [2.45, 2.75) is 43.4 Å². The van der Waals surface area contributed by atoms with Gasteiger partial charge in [-0.15, -0.1) is 0 Å². The highest BCUT2D eigenvalue weighted by molar-refractivity contribution is 5.89. The van der Waals surface area contributed by atoms with Crippen LogP contribution in [-0.4, -0.2) is 54.5 Å². The van der Waals surface area contributed by atoms with Crippen LogP contribution in [0.25, 0.3) is 11.1 Å². The Bertz CT molecular complexity index is 1010. The molecule has 0 spiro atoms. The molecule has 2 aromatic rings. The largest absolute Gasteiger partial charge is 0.481 e. The Balaban J connectivity index is 1.40. The molecule has 1 fully saturated rings. The van der Waals surface area contributed by atoms with E-state index >= 15 is 0 Å². The van der Waals surface area contributed by atoms with Gasteiger partial charge in [0.2, 0.25) is 5.91 Å². The molecule has 2 aliphatic rings. The van der Waals surface area contributed by atoms with Crippen LogP contribution in [0, 0.1) is 0 Å². The molecule has 0 saturated heterocycles. The van der Waals surface area contributed by atoms with Crippen LogP contribution in [0.4, 0.5) is 4.79 Å². The first-order valence-electron chi connectivity index (χ1n) is 10.5. The van der Waals surface area contributed by atoms with E-state index in [1.165, 1.54) is 0 Å². The zero-order chi connectivity index (χ0) is 22.9. The summed E-state index contributed by atoms with van der Waals surface area (Å²) in [5, 5.41) is 14.3. The van der Waals surface area contributed by atoms with Gasteiger partial charge in [-0.25, -0.2) is 4.79 Å². The maximum absolute atomic E-state index is 12.6. The summed E-state index contributed by atoms with van der Waals surface area (Å²) < 4.78 is 10.8. The lowest BCUT2D eigenvalue weighted by Crippen LogP contribution is -2.49. The quantitative estimate of drug-likeness (QED) is 0.584. The number of carboxylic acids is 1. The lowest BCUT2D eigenvalue weighted by molar-refractivity contribution is -0.139. The minimum absolute atomic E-state index is 0.0750. The number of hydrogen-bond acceptors (Lipinski definition) is 5. The van der Waals surface area contributed by atoms with Crippen LogP contribution in [-0.2, 0) is 19.1 Å². The van der Waals surface area contributed by atoms with Crippen LogP contribution in [0.3, 0.4) is 0 Å². The molecule has 0 aliphatic heterocycles. The third kappa shape index (κ3) is 4.31. The standard InChI is InChI=1S/C24H26N2O6/c1-24(31-2)12-20(24)26-22(29)19(11-21(27)28)25-23(30)32-13-18-16-9-5-3-7-14(16)15-8-4-6-10-17(15)18/h3-10,18-20H,11-13H2,1-2H3,(H,25,30)(H,26,29)(H,27,28)/t19?,20-,24+/m1/s1. The van der Waals surface area contributed by atoms with Crippen molar-refractivity contribution in [3.63, 3.8) is 0 Å². The van der Waals surface area contributed by atoms with Crippen LogP contribution in [0.15, 0.2) is 48.5 Å². The molecule has 0 radical (unpaired) electrons. The molecule has 32 heavy (non-hydrogen) atoms. The van der Waals surface area contributed by atoms with Gasteiger partial charge in [0, 0.05) is 19.4 Å². The van der Waals surface area contributed by atoms with Crippen molar-refractivity contribution in [1.82, 2.24) is 10.6 Å². The van der Waals surface area contributed by atoms with Gasteiger partial charge in [-0.3, -0.25) is 9.59 Å². The summed E-state index contributed by atoms with van der Waals surface area (Å²) in [7, 11) is 1.55. The summed E-state index contributed by atoms with van der Waals surface area (Å²) in [6.45, 7) is 1.93. The topological polar surface area (TPSA) is 114 Å². The van der Waals surface area contributed by atoms with Gasteiger partial charge in [0.15, 0.2) is 0 Å². The number of ether oxygens (including phenoxy) is 2. The molecular formula is C24H26N2O6. The molecule has 0 heterocycles. The minimum atomic E-state index is -1.25. The maximum atomic E-state index is 12.6. The first-order valence-corrected chi connectivity index (χ1v) is 10.5. The van der Waals surface area contributed by atoms with Crippen molar-refractivity contribution >= 4 is 18.0 Å². The van der Waals surface area contributed by atoms with Gasteiger partial charge in [-0.1, -0.05) is 48.5 Å². The van der Waals surface area contributed by atoms with Gasteiger partial charge < -0.3 is 25.2 Å². The molecule has 2 aromatic carbocycles. The highest BCUT2D eigenvalue weighted by Crippen LogP contribution is 2.44. The van der Waals surface area contributed by atoms with Gasteiger partial charge in [-0.2, -0.15) is 0 Å². The van der Waals surface area contributed by atoms with Crippen molar-refractivity contribution in [2.75, 3.05) is 13.7 Å². The predicted molar refractivity (Wildman–Crippen MR) is 116 cm³/mol. The fourth-order valence-corrected chi connectivity index (χ4v) is 4.21. The number of benzene rings is 2. The van der Waals surface area contributed by atoms with Crippen molar-refractivity contribution in [2.24, 2.45) is 0 Å². The van der Waals surface area contributed by atoms with E-state index in [1.54, 1.807) is 7.11 Å². The fourth-order valence-electron chi connectivity index (χ4n) is 4.21. The number of fused-ring (bicyclic) bond motifs is 3. The summed E-state index contributed by atoms with van der Waals surface area (Å²) in [5.41, 5.74) is 3.87. The number of carbonyl (C=O) groups is 3. The SMILES string of the molecule is CO[C@@]1(C)C[C@H]1NC(=O)C(CC(=O)O)NC(=O)OCC1c2ccccc2-c2ccccc21. The number of aliphatic carboxylic acids is 1. The zero-order valence-corrected chi connectivity index (χ0v) is 18.0. The van der Waals surface area contributed by atoms with Crippen LogP contribution in [0.5, 0.6) is 0 Å². The molecule has 4 rings (SSSR count). The van der Waals surface area contributed by atoms with E-state index in [-0.39, 0.29) is 18.6 Å². The number of alkyl carbamates (subject to hydrolysis) is 1. The summed E-state index contributed by atoms with van der Waals surface area (Å²) >= 11 is 0. The third-order valence-corrected chi connectivity index (χ3v) is 6.30. The van der Waals surface area contributed by atoms with E-state index in [4.69, 9.17) is 14.6 Å². The number of hydrogen-bond donors (Lipinski definition) is 3. The predicted octanol–water partition coefficient (Wildman–Crippen LogP) is 2.66. The van der Waals surface area contributed by atoms with E-state index in [1.807, 2.05) is 55.5 Å². The molecule has 168 valence electrons. The first-order chi connectivity index (χ1) is 15.3. The Morgan fingerprint density at radius 3 is 2.22 bits per heavy atom. The average Bonchev–Trinajstić information content (AvgIpc) is 3.31. The van der Waals surface area contributed by atoms with Crippen molar-refractivity contribution in [3.8, 4) is 11.1 Å². The second-order valence-electron chi connectivity index (χ2n) is 8.40. The van der Waals surface area contributed by atoms with Gasteiger partial charge >= 0.3 is 12.1 Å². The average molecular weight is 438 g/mol. The molecule has 0 bridgehead atoms. The molecular weight excluding hydrogens is 412 g/mol. The van der Waals surface area contributed by atoms with Gasteiger partial charge in [-0.05, 0) is 29.2 Å². The molecule has 8 nitrogen and oxygen atoms in total. The van der Waals surface area contributed by atoms with E-state index < -0.39 is 36.0 Å². The molecule has 0 aromatic heterocycles. The number of carboxylic acid groups (broad SMARTS) is 1. The molecule has 8 heteroatoms. The number of rotatable bonds is 8.